The second-order valence-electron chi connectivity index (χ2n) is 2.91. The maximum atomic E-state index is 13.2. The third-order valence-electron chi connectivity index (χ3n) is 1.81. The molecule has 0 unspecified atom stereocenters. The molecule has 0 aromatic heterocycles. The maximum absolute atomic E-state index is 13.2. The minimum Gasteiger partial charge on any atom is -0.207 e. The van der Waals surface area contributed by atoms with Gasteiger partial charge in [-0.25, -0.2) is 8.78 Å². The number of nitrogens with zero attached hydrogens (tertiary/aromatic N) is 3. The Labute approximate surface area is 80.0 Å². The van der Waals surface area contributed by atoms with Crippen molar-refractivity contribution in [2.45, 2.75) is 13.3 Å². The third kappa shape index (κ3) is 2.44. The van der Waals surface area contributed by atoms with E-state index in [1.807, 2.05) is 0 Å². The smallest absolute Gasteiger partial charge is 0.129 e. The molecule has 0 aliphatic carbocycles. The van der Waals surface area contributed by atoms with Gasteiger partial charge in [-0.15, -0.1) is 0 Å². The molecule has 0 aliphatic heterocycles. The minimum absolute atomic E-state index is 0.0250. The summed E-state index contributed by atoms with van der Waals surface area (Å²) in [4.78, 5) is 2.51. The number of hydrogen-bond acceptors (Lipinski definition) is 1. The lowest BCUT2D eigenvalue weighted by atomic mass is 10.1. The summed E-state index contributed by atoms with van der Waals surface area (Å²) in [6.07, 6.45) is 0.0853. The van der Waals surface area contributed by atoms with E-state index < -0.39 is 11.6 Å². The Morgan fingerprint density at radius 3 is 2.43 bits per heavy atom. The van der Waals surface area contributed by atoms with E-state index in [4.69, 9.17) is 5.53 Å². The highest BCUT2D eigenvalue weighted by atomic mass is 19.1. The molecule has 0 fully saturated rings. The van der Waals surface area contributed by atoms with Gasteiger partial charge in [0.05, 0.1) is 0 Å². The van der Waals surface area contributed by atoms with Crippen LogP contribution in [-0.2, 0) is 6.42 Å². The molecular weight excluding hydrogens is 188 g/mol. The van der Waals surface area contributed by atoms with Crippen LogP contribution in [0.25, 0.3) is 10.4 Å². The number of benzene rings is 1. The fourth-order valence-corrected chi connectivity index (χ4v) is 1.18. The van der Waals surface area contributed by atoms with Crippen LogP contribution in [0.1, 0.15) is 11.1 Å². The molecule has 14 heavy (non-hydrogen) atoms. The molecule has 0 aliphatic rings. The first-order valence-corrected chi connectivity index (χ1v) is 4.10. The highest BCUT2D eigenvalue weighted by Gasteiger charge is 2.08. The second-order valence-corrected chi connectivity index (χ2v) is 2.91. The van der Waals surface area contributed by atoms with Crippen LogP contribution in [0.15, 0.2) is 17.2 Å². The van der Waals surface area contributed by atoms with Gasteiger partial charge in [0, 0.05) is 17.0 Å². The van der Waals surface area contributed by atoms with Crippen LogP contribution >= 0.6 is 0 Å². The molecule has 0 saturated carbocycles. The van der Waals surface area contributed by atoms with Crippen LogP contribution < -0.4 is 0 Å². The number of rotatable bonds is 3. The number of azide groups is 1. The summed E-state index contributed by atoms with van der Waals surface area (Å²) < 4.78 is 26.3. The molecule has 74 valence electrons. The zero-order valence-electron chi connectivity index (χ0n) is 7.67. The third-order valence-corrected chi connectivity index (χ3v) is 1.81. The zero-order chi connectivity index (χ0) is 10.6. The first-order chi connectivity index (χ1) is 6.65. The summed E-state index contributed by atoms with van der Waals surface area (Å²) in [5.41, 5.74) is 8.51. The molecule has 0 heterocycles. The Balaban J connectivity index is 2.90. The van der Waals surface area contributed by atoms with Crippen LogP contribution in [0.2, 0.25) is 0 Å². The molecule has 1 aromatic rings. The molecular formula is C9H9F2N3. The van der Waals surface area contributed by atoms with Crippen molar-refractivity contribution < 1.29 is 8.78 Å². The van der Waals surface area contributed by atoms with E-state index in [1.54, 1.807) is 6.92 Å². The quantitative estimate of drug-likeness (QED) is 0.406. The number of aryl methyl sites for hydroxylation is 1. The van der Waals surface area contributed by atoms with E-state index in [0.717, 1.165) is 0 Å². The SMILES string of the molecule is Cc1cc(F)c(CCN=[N+]=[N-])c(F)c1. The molecule has 0 atom stereocenters. The van der Waals surface area contributed by atoms with E-state index in [-0.39, 0.29) is 18.5 Å². The Bertz CT molecular complexity index is 361. The molecule has 1 rings (SSSR count). The van der Waals surface area contributed by atoms with Crippen molar-refractivity contribution in [3.8, 4) is 0 Å². The zero-order valence-corrected chi connectivity index (χ0v) is 7.67. The van der Waals surface area contributed by atoms with Crippen LogP contribution in [0, 0.1) is 18.6 Å². The van der Waals surface area contributed by atoms with Gasteiger partial charge in [-0.3, -0.25) is 0 Å². The van der Waals surface area contributed by atoms with Gasteiger partial charge < -0.3 is 0 Å². The van der Waals surface area contributed by atoms with Crippen molar-refractivity contribution in [3.63, 3.8) is 0 Å². The number of halogens is 2. The van der Waals surface area contributed by atoms with Gasteiger partial charge in [0.1, 0.15) is 11.6 Å². The Morgan fingerprint density at radius 2 is 1.93 bits per heavy atom. The van der Waals surface area contributed by atoms with Gasteiger partial charge in [-0.05, 0) is 36.6 Å². The summed E-state index contributed by atoms with van der Waals surface area (Å²) in [6, 6.07) is 2.52. The molecule has 0 amide bonds. The molecule has 3 nitrogen and oxygen atoms in total. The molecule has 0 N–H and O–H groups in total. The molecule has 0 spiro atoms. The summed E-state index contributed by atoms with van der Waals surface area (Å²) in [5.74, 6) is -1.17. The van der Waals surface area contributed by atoms with Crippen LogP contribution in [0.4, 0.5) is 8.78 Å². The van der Waals surface area contributed by atoms with Crippen molar-refractivity contribution in [1.29, 1.82) is 0 Å². The molecule has 0 radical (unpaired) electrons. The monoisotopic (exact) mass is 197 g/mol. The van der Waals surface area contributed by atoms with E-state index in [9.17, 15) is 8.78 Å². The van der Waals surface area contributed by atoms with Crippen molar-refractivity contribution in [2.75, 3.05) is 6.54 Å². The topological polar surface area (TPSA) is 48.8 Å². The molecule has 5 heteroatoms. The fraction of sp³-hybridized carbons (Fsp3) is 0.333. The summed E-state index contributed by atoms with van der Waals surface area (Å²) in [7, 11) is 0. The molecule has 0 saturated heterocycles. The summed E-state index contributed by atoms with van der Waals surface area (Å²) >= 11 is 0. The van der Waals surface area contributed by atoms with Gasteiger partial charge in [-0.2, -0.15) is 0 Å². The Morgan fingerprint density at radius 1 is 1.36 bits per heavy atom. The first kappa shape index (κ1) is 10.5. The standard InChI is InChI=1S/C9H9F2N3/c1-6-4-8(10)7(9(11)5-6)2-3-13-14-12/h4-5H,2-3H2,1H3. The first-order valence-electron chi connectivity index (χ1n) is 4.10. The normalized spacial score (nSPS) is 9.64. The van der Waals surface area contributed by atoms with E-state index >= 15 is 0 Å². The highest BCUT2D eigenvalue weighted by Crippen LogP contribution is 2.15. The van der Waals surface area contributed by atoms with Crippen molar-refractivity contribution in [3.05, 3.63) is 45.3 Å². The van der Waals surface area contributed by atoms with Gasteiger partial charge in [-0.1, -0.05) is 5.11 Å². The lowest BCUT2D eigenvalue weighted by Crippen LogP contribution is -1.98. The maximum Gasteiger partial charge on any atom is 0.129 e. The van der Waals surface area contributed by atoms with E-state index in [0.29, 0.717) is 5.56 Å². The Hall–Kier alpha value is -1.61. The van der Waals surface area contributed by atoms with Crippen molar-refractivity contribution >= 4 is 0 Å². The highest BCUT2D eigenvalue weighted by molar-refractivity contribution is 5.25. The summed E-state index contributed by atoms with van der Waals surface area (Å²) in [6.45, 7) is 1.68. The van der Waals surface area contributed by atoms with Crippen molar-refractivity contribution in [2.24, 2.45) is 5.11 Å². The van der Waals surface area contributed by atoms with Gasteiger partial charge >= 0.3 is 0 Å². The lowest BCUT2D eigenvalue weighted by Gasteiger charge is -2.03. The van der Waals surface area contributed by atoms with E-state index in [2.05, 4.69) is 10.0 Å². The molecule has 1 aromatic carbocycles. The number of hydrogen-bond donors (Lipinski definition) is 0. The van der Waals surface area contributed by atoms with Crippen molar-refractivity contribution in [1.82, 2.24) is 0 Å². The minimum atomic E-state index is -0.587. The van der Waals surface area contributed by atoms with E-state index in [1.165, 1.54) is 12.1 Å². The summed E-state index contributed by atoms with van der Waals surface area (Å²) in [5, 5.41) is 3.22. The lowest BCUT2D eigenvalue weighted by molar-refractivity contribution is 0.554. The average Bonchev–Trinajstić information content (AvgIpc) is 2.09. The predicted molar refractivity (Wildman–Crippen MR) is 48.8 cm³/mol. The second kappa shape index (κ2) is 4.58. The van der Waals surface area contributed by atoms with Gasteiger partial charge in [0.25, 0.3) is 0 Å². The Kier molecular flexibility index (Phi) is 3.42. The largest absolute Gasteiger partial charge is 0.207 e. The fourth-order valence-electron chi connectivity index (χ4n) is 1.18. The molecule has 0 bridgehead atoms. The van der Waals surface area contributed by atoms with Crippen LogP contribution in [0.5, 0.6) is 0 Å². The van der Waals surface area contributed by atoms with Crippen LogP contribution in [0.3, 0.4) is 0 Å². The van der Waals surface area contributed by atoms with Crippen LogP contribution in [-0.4, -0.2) is 6.54 Å². The average molecular weight is 197 g/mol. The van der Waals surface area contributed by atoms with Gasteiger partial charge in [0.2, 0.25) is 0 Å². The van der Waals surface area contributed by atoms with Gasteiger partial charge in [0.15, 0.2) is 0 Å². The predicted octanol–water partition coefficient (Wildman–Crippen LogP) is 3.13.